The molecule has 0 saturated carbocycles. The fourth-order valence-electron chi connectivity index (χ4n) is 4.70. The Morgan fingerprint density at radius 1 is 0.953 bits per heavy atom. The predicted molar refractivity (Wildman–Crippen MR) is 162 cm³/mol. The second-order valence-electron chi connectivity index (χ2n) is 12.7. The maximum Gasteiger partial charge on any atom is 0.417 e. The maximum absolute atomic E-state index is 13.2. The molecule has 238 valence electrons. The molecule has 2 aliphatic rings. The van der Waals surface area contributed by atoms with Crippen LogP contribution in [0.3, 0.4) is 0 Å². The minimum absolute atomic E-state index is 0.0225. The van der Waals surface area contributed by atoms with Crippen LogP contribution in [0.1, 0.15) is 60.8 Å². The molecule has 0 radical (unpaired) electrons. The number of nitrogens with two attached hydrogens (primary N) is 1. The molecule has 43 heavy (non-hydrogen) atoms. The quantitative estimate of drug-likeness (QED) is 0.368. The summed E-state index contributed by atoms with van der Waals surface area (Å²) in [4.78, 5) is 60.2. The molecule has 0 aromatic heterocycles. The lowest BCUT2D eigenvalue weighted by Gasteiger charge is -2.37. The normalized spacial score (nSPS) is 17.2. The van der Waals surface area contributed by atoms with Gasteiger partial charge in [-0.15, -0.1) is 0 Å². The van der Waals surface area contributed by atoms with Crippen LogP contribution in [-0.2, 0) is 23.8 Å². The molecular weight excluding hydrogens is 556 g/mol. The number of aliphatic imine (C=N–C) groups is 1. The molecule has 2 saturated heterocycles. The van der Waals surface area contributed by atoms with Crippen molar-refractivity contribution >= 4 is 41.4 Å². The Hall–Kier alpha value is -3.87. The third kappa shape index (κ3) is 9.84. The standard InChI is InChI=1S/C30H46N6O7/c1-29(2,3)42-27(39)35-14-9-15-36(28(40)43-30(4,5)6)26(35)33-21-10-8-11-22(18-21)34-16-12-20(13-17-34)24(37)32-19-23(31)25(38)41-7/h8,10-11,18,20,23H,9,12-17,19,31H2,1-7H3,(H,32,37)/t23-/m0/s1. The number of esters is 1. The average Bonchev–Trinajstić information content (AvgIpc) is 2.93. The number of carbonyl (C=O) groups is 4. The van der Waals surface area contributed by atoms with Crippen molar-refractivity contribution in [3.8, 4) is 0 Å². The van der Waals surface area contributed by atoms with Gasteiger partial charge in [0.15, 0.2) is 0 Å². The van der Waals surface area contributed by atoms with Gasteiger partial charge in [-0.3, -0.25) is 9.59 Å². The topological polar surface area (TPSA) is 156 Å². The number of piperidine rings is 1. The van der Waals surface area contributed by atoms with Gasteiger partial charge in [-0.05, 0) is 79.0 Å². The fourth-order valence-corrected chi connectivity index (χ4v) is 4.70. The van der Waals surface area contributed by atoms with Crippen LogP contribution in [0, 0.1) is 5.92 Å². The molecule has 0 unspecified atom stereocenters. The molecule has 3 rings (SSSR count). The van der Waals surface area contributed by atoms with E-state index < -0.39 is 35.4 Å². The molecule has 1 aromatic rings. The highest BCUT2D eigenvalue weighted by molar-refractivity contribution is 6.03. The van der Waals surface area contributed by atoms with Gasteiger partial charge < -0.3 is 30.2 Å². The molecule has 2 aliphatic heterocycles. The van der Waals surface area contributed by atoms with Crippen LogP contribution < -0.4 is 16.0 Å². The molecule has 3 amide bonds. The van der Waals surface area contributed by atoms with E-state index >= 15 is 0 Å². The lowest BCUT2D eigenvalue weighted by atomic mass is 9.95. The second kappa shape index (κ2) is 14.1. The van der Waals surface area contributed by atoms with E-state index in [1.165, 1.54) is 16.9 Å². The Balaban J connectivity index is 1.78. The van der Waals surface area contributed by atoms with Gasteiger partial charge in [0.25, 0.3) is 0 Å². The summed E-state index contributed by atoms with van der Waals surface area (Å²) < 4.78 is 15.9. The van der Waals surface area contributed by atoms with Gasteiger partial charge in [-0.2, -0.15) is 0 Å². The van der Waals surface area contributed by atoms with E-state index in [2.05, 4.69) is 15.0 Å². The van der Waals surface area contributed by atoms with Gasteiger partial charge >= 0.3 is 18.2 Å². The van der Waals surface area contributed by atoms with Crippen molar-refractivity contribution < 1.29 is 33.4 Å². The third-order valence-corrected chi connectivity index (χ3v) is 6.76. The SMILES string of the molecule is COC(=O)[C@@H](N)CNC(=O)C1CCN(c2cccc(N=C3N(C(=O)OC(C)(C)C)CCCN3C(=O)OC(C)(C)C)c2)CC1. The molecule has 13 nitrogen and oxygen atoms in total. The Labute approximate surface area is 253 Å². The predicted octanol–water partition coefficient (Wildman–Crippen LogP) is 3.38. The van der Waals surface area contributed by atoms with Gasteiger partial charge in [0.2, 0.25) is 11.9 Å². The number of guanidine groups is 1. The molecule has 0 spiro atoms. The average molecular weight is 603 g/mol. The monoisotopic (exact) mass is 602 g/mol. The number of nitrogens with one attached hydrogen (secondary N) is 1. The Kier molecular flexibility index (Phi) is 11.0. The van der Waals surface area contributed by atoms with Gasteiger partial charge in [0.1, 0.15) is 17.2 Å². The van der Waals surface area contributed by atoms with Crippen molar-refractivity contribution in [2.75, 3.05) is 44.7 Å². The summed E-state index contributed by atoms with van der Waals surface area (Å²) in [6, 6.07) is 6.60. The number of ether oxygens (including phenoxy) is 3. The summed E-state index contributed by atoms with van der Waals surface area (Å²) >= 11 is 0. The van der Waals surface area contributed by atoms with Gasteiger partial charge in [0.05, 0.1) is 12.8 Å². The van der Waals surface area contributed by atoms with E-state index in [0.29, 0.717) is 51.1 Å². The number of nitrogens with zero attached hydrogens (tertiary/aromatic N) is 4. The van der Waals surface area contributed by atoms with Crippen molar-refractivity contribution in [3.63, 3.8) is 0 Å². The number of rotatable bonds is 6. The van der Waals surface area contributed by atoms with Crippen molar-refractivity contribution in [1.29, 1.82) is 0 Å². The summed E-state index contributed by atoms with van der Waals surface area (Å²) in [6.45, 7) is 12.7. The third-order valence-electron chi connectivity index (χ3n) is 6.76. The summed E-state index contributed by atoms with van der Waals surface area (Å²) in [6.07, 6.45) is 0.592. The van der Waals surface area contributed by atoms with E-state index in [-0.39, 0.29) is 24.3 Å². The number of benzene rings is 1. The molecule has 3 N–H and O–H groups in total. The first-order chi connectivity index (χ1) is 20.1. The lowest BCUT2D eigenvalue weighted by Crippen LogP contribution is -2.56. The minimum Gasteiger partial charge on any atom is -0.468 e. The molecule has 13 heteroatoms. The first kappa shape index (κ1) is 33.6. The van der Waals surface area contributed by atoms with Crippen LogP contribution in [0.15, 0.2) is 29.3 Å². The van der Waals surface area contributed by atoms with Crippen molar-refractivity contribution in [2.24, 2.45) is 16.6 Å². The molecule has 1 atom stereocenters. The highest BCUT2D eigenvalue weighted by atomic mass is 16.6. The summed E-state index contributed by atoms with van der Waals surface area (Å²) in [5.74, 6) is -0.764. The lowest BCUT2D eigenvalue weighted by molar-refractivity contribution is -0.142. The van der Waals surface area contributed by atoms with Crippen LogP contribution in [0.4, 0.5) is 21.0 Å². The second-order valence-corrected chi connectivity index (χ2v) is 12.7. The smallest absolute Gasteiger partial charge is 0.417 e. The number of hydrogen-bond donors (Lipinski definition) is 2. The summed E-state index contributed by atoms with van der Waals surface area (Å²) in [7, 11) is 1.25. The zero-order valence-electron chi connectivity index (χ0n) is 26.3. The molecule has 1 aromatic carbocycles. The van der Waals surface area contributed by atoms with Crippen molar-refractivity contribution in [1.82, 2.24) is 15.1 Å². The van der Waals surface area contributed by atoms with Crippen LogP contribution in [0.5, 0.6) is 0 Å². The number of carbonyl (C=O) groups excluding carboxylic acids is 4. The molecule has 2 fully saturated rings. The van der Waals surface area contributed by atoms with Gasteiger partial charge in [-0.1, -0.05) is 6.07 Å². The molecular formula is C30H46N6O7. The molecule has 2 heterocycles. The first-order valence-corrected chi connectivity index (χ1v) is 14.6. The van der Waals surface area contributed by atoms with E-state index in [1.807, 2.05) is 18.2 Å². The highest BCUT2D eigenvalue weighted by Crippen LogP contribution is 2.28. The Bertz CT molecular complexity index is 1160. The summed E-state index contributed by atoms with van der Waals surface area (Å²) in [5, 5.41) is 2.75. The van der Waals surface area contributed by atoms with Crippen LogP contribution in [-0.4, -0.2) is 96.9 Å². The van der Waals surface area contributed by atoms with Crippen LogP contribution in [0.25, 0.3) is 0 Å². The van der Waals surface area contributed by atoms with E-state index in [9.17, 15) is 19.2 Å². The summed E-state index contributed by atoms with van der Waals surface area (Å²) in [5.41, 5.74) is 5.71. The first-order valence-electron chi connectivity index (χ1n) is 14.6. The van der Waals surface area contributed by atoms with E-state index in [4.69, 9.17) is 20.2 Å². The number of methoxy groups -OCH3 is 1. The van der Waals surface area contributed by atoms with E-state index in [1.54, 1.807) is 47.6 Å². The Morgan fingerprint density at radius 3 is 2.02 bits per heavy atom. The number of hydrogen-bond acceptors (Lipinski definition) is 10. The van der Waals surface area contributed by atoms with Crippen molar-refractivity contribution in [3.05, 3.63) is 24.3 Å². The van der Waals surface area contributed by atoms with E-state index in [0.717, 1.165) is 5.69 Å². The number of anilines is 1. The van der Waals surface area contributed by atoms with Crippen LogP contribution in [0.2, 0.25) is 0 Å². The highest BCUT2D eigenvalue weighted by Gasteiger charge is 2.37. The molecule has 0 aliphatic carbocycles. The zero-order valence-corrected chi connectivity index (χ0v) is 26.3. The fraction of sp³-hybridized carbons (Fsp3) is 0.633. The van der Waals surface area contributed by atoms with Crippen molar-refractivity contribution in [2.45, 2.75) is 78.0 Å². The zero-order chi connectivity index (χ0) is 31.9. The van der Waals surface area contributed by atoms with Gasteiger partial charge in [0, 0.05) is 44.3 Å². The molecule has 0 bridgehead atoms. The number of amides is 3. The largest absolute Gasteiger partial charge is 0.468 e. The maximum atomic E-state index is 13.2. The van der Waals surface area contributed by atoms with Crippen LogP contribution >= 0.6 is 0 Å². The van der Waals surface area contributed by atoms with Gasteiger partial charge in [-0.25, -0.2) is 24.4 Å². The minimum atomic E-state index is -0.903. The Morgan fingerprint density at radius 2 is 1.51 bits per heavy atom.